The second-order valence-electron chi connectivity index (χ2n) is 19.3. The minimum Gasteiger partial charge on any atom is -0.492 e. The lowest BCUT2D eigenvalue weighted by atomic mass is 9.69. The van der Waals surface area contributed by atoms with E-state index < -0.39 is 21.0 Å². The fourth-order valence-electron chi connectivity index (χ4n) is 9.85. The number of alkyl halides is 3. The van der Waals surface area contributed by atoms with Crippen LogP contribution in [0.25, 0.3) is 5.57 Å². The number of carbonyl (C=O) groups is 2. The minimum absolute atomic E-state index is 0.0301. The first kappa shape index (κ1) is 47.3. The lowest BCUT2D eigenvalue weighted by Crippen LogP contribution is -2.33. The van der Waals surface area contributed by atoms with Gasteiger partial charge in [-0.15, -0.1) is 0 Å². The van der Waals surface area contributed by atoms with Crippen molar-refractivity contribution in [3.05, 3.63) is 75.6 Å². The summed E-state index contributed by atoms with van der Waals surface area (Å²) in [5, 5.41) is 0. The molecule has 60 heavy (non-hydrogen) atoms. The topological polar surface area (TPSA) is 105 Å². The van der Waals surface area contributed by atoms with E-state index in [2.05, 4.69) is 57.0 Å². The molecule has 1 heterocycles. The third-order valence-corrected chi connectivity index (χ3v) is 14.1. The summed E-state index contributed by atoms with van der Waals surface area (Å²) in [6.07, 6.45) is 11.5. The van der Waals surface area contributed by atoms with Crippen LogP contribution >= 0.6 is 0 Å². The molecular formula is C48H65F3O8S. The molecule has 3 atom stereocenters. The maximum Gasteiger partial charge on any atom is 0.534 e. The number of hydrogen-bond donors (Lipinski definition) is 0. The van der Waals surface area contributed by atoms with Gasteiger partial charge in [0.2, 0.25) is 0 Å². The number of hydrogen-bond acceptors (Lipinski definition) is 8. The van der Waals surface area contributed by atoms with E-state index in [1.165, 1.54) is 49.5 Å². The van der Waals surface area contributed by atoms with Gasteiger partial charge in [-0.2, -0.15) is 21.6 Å². The van der Waals surface area contributed by atoms with E-state index >= 15 is 0 Å². The summed E-state index contributed by atoms with van der Waals surface area (Å²) < 4.78 is 80.1. The van der Waals surface area contributed by atoms with Crippen molar-refractivity contribution in [3.8, 4) is 11.5 Å². The smallest absolute Gasteiger partial charge is 0.492 e. The van der Waals surface area contributed by atoms with Gasteiger partial charge in [0.05, 0.1) is 20.1 Å². The molecule has 1 aliphatic heterocycles. The molecule has 1 saturated carbocycles. The normalized spacial score (nSPS) is 24.1. The first-order valence-corrected chi connectivity index (χ1v) is 22.9. The molecule has 7 rings (SSSR count). The average molecular weight is 859 g/mol. The van der Waals surface area contributed by atoms with Crippen molar-refractivity contribution < 1.29 is 49.6 Å². The van der Waals surface area contributed by atoms with E-state index in [9.17, 15) is 31.2 Å². The predicted octanol–water partition coefficient (Wildman–Crippen LogP) is 12.5. The average Bonchev–Trinajstić information content (AvgIpc) is 3.75. The molecule has 12 heteroatoms. The number of Topliss-reactive ketones (excluding diaryl/α,β-unsaturated/α-hetero) is 1. The molecule has 2 aromatic rings. The van der Waals surface area contributed by atoms with Crippen LogP contribution in [0.2, 0.25) is 0 Å². The van der Waals surface area contributed by atoms with Crippen LogP contribution in [0.3, 0.4) is 0 Å². The Morgan fingerprint density at radius 3 is 2.10 bits per heavy atom. The number of methoxy groups -OCH3 is 1. The molecule has 0 N–H and O–H groups in total. The Morgan fingerprint density at radius 1 is 0.850 bits per heavy atom. The fraction of sp³-hybridized carbons (Fsp3) is 0.625. The summed E-state index contributed by atoms with van der Waals surface area (Å²) in [5.41, 5.74) is 3.05. The van der Waals surface area contributed by atoms with Crippen LogP contribution in [0.4, 0.5) is 13.2 Å². The van der Waals surface area contributed by atoms with Crippen molar-refractivity contribution in [3.63, 3.8) is 0 Å². The van der Waals surface area contributed by atoms with Gasteiger partial charge in [0, 0.05) is 34.3 Å². The van der Waals surface area contributed by atoms with Crippen LogP contribution in [-0.4, -0.2) is 39.4 Å². The van der Waals surface area contributed by atoms with Crippen molar-refractivity contribution in [2.45, 2.75) is 157 Å². The molecule has 332 valence electrons. The molecule has 0 aromatic heterocycles. The lowest BCUT2D eigenvalue weighted by Gasteiger charge is -2.36. The van der Waals surface area contributed by atoms with Crippen LogP contribution in [0, 0.1) is 22.2 Å². The number of halogens is 3. The Bertz CT molecular complexity index is 2090. The molecule has 1 fully saturated rings. The van der Waals surface area contributed by atoms with E-state index in [-0.39, 0.29) is 34.6 Å². The number of carbonyl (C=O) groups excluding carboxylic acids is 2. The zero-order chi connectivity index (χ0) is 44.4. The van der Waals surface area contributed by atoms with Gasteiger partial charge < -0.3 is 18.4 Å². The summed E-state index contributed by atoms with van der Waals surface area (Å²) in [7, 11) is -4.13. The Kier molecular flexibility index (Phi) is 14.4. The van der Waals surface area contributed by atoms with Crippen LogP contribution in [0.15, 0.2) is 53.3 Å². The van der Waals surface area contributed by atoms with Crippen LogP contribution < -0.4 is 9.47 Å². The fourth-order valence-corrected chi connectivity index (χ4v) is 10.5. The second-order valence-corrected chi connectivity index (χ2v) is 20.8. The van der Waals surface area contributed by atoms with Gasteiger partial charge in [-0.05, 0) is 117 Å². The summed E-state index contributed by atoms with van der Waals surface area (Å²) in [5.74, 6) is 2.18. The summed E-state index contributed by atoms with van der Waals surface area (Å²) in [6, 6.07) is 12.8. The molecule has 0 radical (unpaired) electrons. The summed E-state index contributed by atoms with van der Waals surface area (Å²) >= 11 is 0. The molecule has 8 nitrogen and oxygen atoms in total. The number of fused-ring (bicyclic) bond motifs is 2. The number of rotatable bonds is 7. The summed E-state index contributed by atoms with van der Waals surface area (Å²) in [6.45, 7) is 18.7. The van der Waals surface area contributed by atoms with E-state index in [4.69, 9.17) is 14.2 Å². The highest BCUT2D eigenvalue weighted by molar-refractivity contribution is 7.87. The largest absolute Gasteiger partial charge is 0.534 e. The molecule has 4 aliphatic carbocycles. The highest BCUT2D eigenvalue weighted by Crippen LogP contribution is 2.50. The molecule has 1 unspecified atom stereocenters. The van der Waals surface area contributed by atoms with Gasteiger partial charge in [-0.3, -0.25) is 9.59 Å². The number of esters is 1. The molecule has 5 aliphatic rings. The number of ketones is 1. The predicted molar refractivity (Wildman–Crippen MR) is 228 cm³/mol. The highest BCUT2D eigenvalue weighted by Gasteiger charge is 2.50. The first-order valence-electron chi connectivity index (χ1n) is 21.5. The molecule has 0 spiro atoms. The highest BCUT2D eigenvalue weighted by atomic mass is 32.2. The lowest BCUT2D eigenvalue weighted by molar-refractivity contribution is -0.141. The third kappa shape index (κ3) is 10.6. The molecule has 0 saturated heterocycles. The van der Waals surface area contributed by atoms with Crippen LogP contribution in [-0.2, 0) is 35.0 Å². The van der Waals surface area contributed by atoms with E-state index in [0.717, 1.165) is 49.2 Å². The summed E-state index contributed by atoms with van der Waals surface area (Å²) in [4.78, 5) is 23.1. The molecule has 0 amide bonds. The molecule has 0 bridgehead atoms. The standard InChI is InChI=1S/C29H34O4.C10H15F3O3S.C9H16O/c1-18-7-6-14-29(2,3)28(18)24-9-5-8-23-22(24)12-13-25(23)33-20-10-11-21-19(15-27(30)31-4)17-32-26(21)16-20;1-7-5-4-6-9(2,3)8(7)16-17(14,15)10(11,12)13;1-7-5-4-6-9(2,3)8(7)10/h5,8-11,16,19,25H,6-7,12-15,17H2,1-4H3;4-6H2,1-3H3;7H,4-6H2,1-3H3/t19-,25-;;/m1../s1. The van der Waals surface area contributed by atoms with Gasteiger partial charge in [-0.25, -0.2) is 0 Å². The molecule has 2 aromatic carbocycles. The van der Waals surface area contributed by atoms with E-state index in [1.807, 2.05) is 25.1 Å². The maximum absolute atomic E-state index is 12.2. The van der Waals surface area contributed by atoms with E-state index in [0.29, 0.717) is 43.1 Å². The zero-order valence-electron chi connectivity index (χ0n) is 37.2. The van der Waals surface area contributed by atoms with E-state index in [1.54, 1.807) is 31.9 Å². The van der Waals surface area contributed by atoms with Gasteiger partial charge in [0.15, 0.2) is 0 Å². The van der Waals surface area contributed by atoms with Crippen molar-refractivity contribution in [1.82, 2.24) is 0 Å². The maximum atomic E-state index is 12.2. The minimum atomic E-state index is -5.56. The third-order valence-electron chi connectivity index (χ3n) is 13.1. The number of benzene rings is 2. The van der Waals surface area contributed by atoms with Crippen LogP contribution in [0.5, 0.6) is 11.5 Å². The zero-order valence-corrected chi connectivity index (χ0v) is 38.0. The quantitative estimate of drug-likeness (QED) is 0.154. The number of allylic oxidation sites excluding steroid dienone is 4. The number of ether oxygens (including phenoxy) is 3. The van der Waals surface area contributed by atoms with Gasteiger partial charge in [0.1, 0.15) is 29.1 Å². The monoisotopic (exact) mass is 858 g/mol. The van der Waals surface area contributed by atoms with Gasteiger partial charge in [-0.1, -0.05) is 84.7 Å². The second kappa shape index (κ2) is 18.3. The Labute approximate surface area is 355 Å². The van der Waals surface area contributed by atoms with Gasteiger partial charge >= 0.3 is 21.6 Å². The Hall–Kier alpha value is -3.80. The Morgan fingerprint density at radius 2 is 1.50 bits per heavy atom. The van der Waals surface area contributed by atoms with Crippen molar-refractivity contribution in [2.75, 3.05) is 13.7 Å². The Balaban J connectivity index is 0.000000210. The van der Waals surface area contributed by atoms with Crippen molar-refractivity contribution in [2.24, 2.45) is 22.2 Å². The SMILES string of the molecule is CC1=C(OS(=O)(=O)C(F)(F)F)C(C)(C)CCC1.CC1CCCC(C)(C)C1=O.COC(=O)C[C@@H]1COc2cc(O[C@@H]3CCc4c(C5=C(C)CCCC5(C)C)cccc43)ccc21. The van der Waals surface area contributed by atoms with Crippen molar-refractivity contribution >= 4 is 27.4 Å². The van der Waals surface area contributed by atoms with Gasteiger partial charge in [0.25, 0.3) is 0 Å². The first-order chi connectivity index (χ1) is 27.9. The van der Waals surface area contributed by atoms with Crippen LogP contribution in [0.1, 0.15) is 167 Å². The molecular weight excluding hydrogens is 794 g/mol. The van der Waals surface area contributed by atoms with Crippen molar-refractivity contribution in [1.29, 1.82) is 0 Å².